The number of hydrogen-bond acceptors (Lipinski definition) is 2. The van der Waals surface area contributed by atoms with Crippen LogP contribution in [0.3, 0.4) is 0 Å². The third-order valence-corrected chi connectivity index (χ3v) is 6.79. The summed E-state index contributed by atoms with van der Waals surface area (Å²) in [5.74, 6) is 1.81. The summed E-state index contributed by atoms with van der Waals surface area (Å²) in [6, 6.07) is 0. The van der Waals surface area contributed by atoms with Crippen molar-refractivity contribution in [2.75, 3.05) is 13.1 Å². The number of likely N-dealkylation sites (tertiary alicyclic amines) is 1. The molecule has 1 heterocycles. The minimum Gasteiger partial charge on any atom is -0.481 e. The molecule has 4 bridgehead atoms. The highest BCUT2D eigenvalue weighted by molar-refractivity contribution is 5.84. The van der Waals surface area contributed by atoms with Crippen molar-refractivity contribution in [3.8, 4) is 0 Å². The lowest BCUT2D eigenvalue weighted by molar-refractivity contribution is -0.167. The summed E-state index contributed by atoms with van der Waals surface area (Å²) in [6.07, 6.45) is 7.37. The van der Waals surface area contributed by atoms with Gasteiger partial charge >= 0.3 is 5.97 Å². The molecule has 1 aliphatic heterocycles. The Morgan fingerprint density at radius 3 is 1.95 bits per heavy atom. The third kappa shape index (κ3) is 2.01. The van der Waals surface area contributed by atoms with Gasteiger partial charge in [-0.1, -0.05) is 6.92 Å². The van der Waals surface area contributed by atoms with Crippen LogP contribution in [0.15, 0.2) is 0 Å². The van der Waals surface area contributed by atoms with Crippen LogP contribution in [-0.2, 0) is 9.59 Å². The van der Waals surface area contributed by atoms with Gasteiger partial charge in [0.05, 0.1) is 11.3 Å². The average molecular weight is 291 g/mol. The average Bonchev–Trinajstić information content (AvgIpc) is 2.34. The number of aliphatic carboxylic acids is 1. The number of carbonyl (C=O) groups excluding carboxylic acids is 1. The second kappa shape index (κ2) is 4.47. The molecule has 1 amide bonds. The topological polar surface area (TPSA) is 57.6 Å². The third-order valence-electron chi connectivity index (χ3n) is 6.79. The fourth-order valence-corrected chi connectivity index (χ4v) is 5.90. The van der Waals surface area contributed by atoms with Crippen LogP contribution in [0.5, 0.6) is 0 Å². The predicted octanol–water partition coefficient (Wildman–Crippen LogP) is 2.38. The molecule has 0 aromatic rings. The quantitative estimate of drug-likeness (QED) is 0.868. The van der Waals surface area contributed by atoms with Crippen molar-refractivity contribution in [2.45, 2.75) is 45.4 Å². The monoisotopic (exact) mass is 291 g/mol. The van der Waals surface area contributed by atoms with E-state index in [0.717, 1.165) is 37.0 Å². The molecule has 1 N–H and O–H groups in total. The van der Waals surface area contributed by atoms with Crippen LogP contribution in [0, 0.1) is 35.0 Å². The van der Waals surface area contributed by atoms with Crippen molar-refractivity contribution < 1.29 is 14.7 Å². The summed E-state index contributed by atoms with van der Waals surface area (Å²) in [6.45, 7) is 3.08. The molecule has 0 aromatic heterocycles. The molecule has 116 valence electrons. The molecular weight excluding hydrogens is 266 g/mol. The van der Waals surface area contributed by atoms with E-state index in [1.54, 1.807) is 6.92 Å². The zero-order valence-corrected chi connectivity index (χ0v) is 12.8. The van der Waals surface area contributed by atoms with Gasteiger partial charge < -0.3 is 10.0 Å². The molecule has 1 unspecified atom stereocenters. The van der Waals surface area contributed by atoms with Gasteiger partial charge in [-0.05, 0) is 56.3 Å². The van der Waals surface area contributed by atoms with E-state index in [4.69, 9.17) is 5.11 Å². The predicted molar refractivity (Wildman–Crippen MR) is 77.5 cm³/mol. The van der Waals surface area contributed by atoms with E-state index in [2.05, 4.69) is 0 Å². The number of rotatable bonds is 3. The number of nitrogens with zero attached hydrogens (tertiary/aromatic N) is 1. The summed E-state index contributed by atoms with van der Waals surface area (Å²) in [5, 5.41) is 9.07. The van der Waals surface area contributed by atoms with Gasteiger partial charge in [0.1, 0.15) is 0 Å². The molecular formula is C17H25NO3. The van der Waals surface area contributed by atoms with Gasteiger partial charge in [-0.25, -0.2) is 0 Å². The van der Waals surface area contributed by atoms with Gasteiger partial charge in [0.15, 0.2) is 0 Å². The molecule has 4 nitrogen and oxygen atoms in total. The number of carbonyl (C=O) groups is 2. The zero-order chi connectivity index (χ0) is 14.8. The van der Waals surface area contributed by atoms with Crippen molar-refractivity contribution in [2.24, 2.45) is 35.0 Å². The van der Waals surface area contributed by atoms with E-state index in [0.29, 0.717) is 19.0 Å². The molecule has 21 heavy (non-hydrogen) atoms. The zero-order valence-electron chi connectivity index (χ0n) is 12.8. The molecule has 1 saturated heterocycles. The van der Waals surface area contributed by atoms with Crippen LogP contribution in [0.4, 0.5) is 0 Å². The van der Waals surface area contributed by atoms with E-state index in [1.807, 2.05) is 4.90 Å². The van der Waals surface area contributed by atoms with E-state index in [1.165, 1.54) is 19.3 Å². The fraction of sp³-hybridized carbons (Fsp3) is 0.882. The highest BCUT2D eigenvalue weighted by Gasteiger charge is 2.56. The Morgan fingerprint density at radius 2 is 1.52 bits per heavy atom. The lowest BCUT2D eigenvalue weighted by atomic mass is 9.49. The smallest absolute Gasteiger partial charge is 0.306 e. The largest absolute Gasteiger partial charge is 0.481 e. The number of carboxylic acid groups (broad SMARTS) is 1. The molecule has 4 saturated carbocycles. The first-order chi connectivity index (χ1) is 9.97. The van der Waals surface area contributed by atoms with Crippen LogP contribution in [-0.4, -0.2) is 35.0 Å². The molecule has 4 aliphatic carbocycles. The van der Waals surface area contributed by atoms with E-state index in [9.17, 15) is 9.59 Å². The van der Waals surface area contributed by atoms with Crippen molar-refractivity contribution in [1.29, 1.82) is 0 Å². The maximum absolute atomic E-state index is 13.0. The lowest BCUT2D eigenvalue weighted by Crippen LogP contribution is -2.61. The molecule has 5 rings (SSSR count). The molecule has 5 fully saturated rings. The molecule has 0 radical (unpaired) electrons. The Hall–Kier alpha value is -1.06. The number of carboxylic acids is 1. The SMILES string of the molecule is CC(C(=O)O)C1CN(C(=O)C23CC4CC(CC(C4)C2)C3)C1. The Balaban J connectivity index is 1.44. The van der Waals surface area contributed by atoms with Crippen molar-refractivity contribution in [3.63, 3.8) is 0 Å². The van der Waals surface area contributed by atoms with Gasteiger partial charge in [-0.3, -0.25) is 9.59 Å². The van der Waals surface area contributed by atoms with Crippen molar-refractivity contribution in [3.05, 3.63) is 0 Å². The highest BCUT2D eigenvalue weighted by Crippen LogP contribution is 2.60. The first kappa shape index (κ1) is 13.6. The van der Waals surface area contributed by atoms with Crippen LogP contribution >= 0.6 is 0 Å². The van der Waals surface area contributed by atoms with Crippen LogP contribution in [0.1, 0.15) is 45.4 Å². The maximum atomic E-state index is 13.0. The van der Waals surface area contributed by atoms with Crippen molar-refractivity contribution >= 4 is 11.9 Å². The minimum absolute atomic E-state index is 0.0633. The van der Waals surface area contributed by atoms with E-state index < -0.39 is 5.97 Å². The summed E-state index contributed by atoms with van der Waals surface area (Å²) < 4.78 is 0. The van der Waals surface area contributed by atoms with Gasteiger partial charge in [0.25, 0.3) is 0 Å². The molecule has 5 aliphatic rings. The molecule has 0 spiro atoms. The number of hydrogen-bond donors (Lipinski definition) is 1. The first-order valence-corrected chi connectivity index (χ1v) is 8.49. The molecule has 4 heteroatoms. The Kier molecular flexibility index (Phi) is 2.89. The second-order valence-corrected chi connectivity index (χ2v) is 8.30. The van der Waals surface area contributed by atoms with Crippen molar-refractivity contribution in [1.82, 2.24) is 4.90 Å². The Bertz CT molecular complexity index is 445. The van der Waals surface area contributed by atoms with Crippen LogP contribution in [0.2, 0.25) is 0 Å². The van der Waals surface area contributed by atoms with Gasteiger partial charge in [0.2, 0.25) is 5.91 Å². The molecule has 0 aromatic carbocycles. The van der Waals surface area contributed by atoms with E-state index in [-0.39, 0.29) is 17.3 Å². The van der Waals surface area contributed by atoms with Crippen LogP contribution in [0.25, 0.3) is 0 Å². The van der Waals surface area contributed by atoms with Gasteiger partial charge in [-0.2, -0.15) is 0 Å². The summed E-state index contributed by atoms with van der Waals surface area (Å²) in [4.78, 5) is 26.0. The lowest BCUT2D eigenvalue weighted by Gasteiger charge is -2.58. The Morgan fingerprint density at radius 1 is 1.05 bits per heavy atom. The normalized spacial score (nSPS) is 42.7. The number of amides is 1. The summed E-state index contributed by atoms with van der Waals surface area (Å²) >= 11 is 0. The highest BCUT2D eigenvalue weighted by atomic mass is 16.4. The van der Waals surface area contributed by atoms with Gasteiger partial charge in [-0.15, -0.1) is 0 Å². The second-order valence-electron chi connectivity index (χ2n) is 8.30. The summed E-state index contributed by atoms with van der Waals surface area (Å²) in [5.41, 5.74) is -0.0633. The van der Waals surface area contributed by atoms with Crippen LogP contribution < -0.4 is 0 Å². The fourth-order valence-electron chi connectivity index (χ4n) is 5.90. The summed E-state index contributed by atoms with van der Waals surface area (Å²) in [7, 11) is 0. The first-order valence-electron chi connectivity index (χ1n) is 8.49. The van der Waals surface area contributed by atoms with E-state index >= 15 is 0 Å². The molecule has 1 atom stereocenters. The Labute approximate surface area is 125 Å². The standard InChI is InChI=1S/C17H25NO3/c1-10(15(19)20)14-8-18(9-14)16(21)17-5-11-2-12(6-17)4-13(3-11)7-17/h10-14H,2-9H2,1H3,(H,19,20). The maximum Gasteiger partial charge on any atom is 0.306 e. The van der Waals surface area contributed by atoms with Gasteiger partial charge in [0, 0.05) is 19.0 Å². The minimum atomic E-state index is -0.734.